The standard InChI is InChI=1S/C54H66FN11O5/c1-5-33-9-11-34(12-10-33)27-57-50(70)45-23-40(67)32-66(45)51(71)47(53(2,3)4)60-49(69)36-13-17-54(18-14-36)25-38(26-54)63-19-15-35(16-20-63)37-28-58-52(59-29-37)64-21-22-65-39(31-64)30-56-48-44(65)24-43(61-62-48)41-7-6-8-42(55)46(41)68/h1,6-12,24,28-29,35-36,38-40,45,47,67-68H,13-23,25-27,30-32H2,2-4H3,(H,56,62)(H,57,70)(H,60,69)/t36-,38-,39-,40+,45-,47+,54?/m0/s1. The zero-order valence-electron chi connectivity index (χ0n) is 41.0. The van der Waals surface area contributed by atoms with E-state index >= 15 is 0 Å². The Labute approximate surface area is 415 Å². The van der Waals surface area contributed by atoms with E-state index in [4.69, 9.17) is 16.4 Å². The SMILES string of the molecule is C#Cc1ccc(CNC(=O)[C@@H]2C[C@@H](O)CN2C(=O)[C@@H](NC(=O)[C@H]2CCC3(CC2)C[C@H](N2CCC(c4cnc(N5CCN6c7cc(-c8cccc(F)c8O)nnc7NC[C@H]6C5)nc4)CC2)C3)C(C)(C)C)cc1. The van der Waals surface area contributed by atoms with Gasteiger partial charge in [-0.2, -0.15) is 0 Å². The minimum absolute atomic E-state index is 0.0353. The first-order valence-corrected chi connectivity index (χ1v) is 25.4. The van der Waals surface area contributed by atoms with Crippen LogP contribution >= 0.6 is 0 Å². The molecule has 5 N–H and O–H groups in total. The summed E-state index contributed by atoms with van der Waals surface area (Å²) in [6.45, 7) is 11.0. The first-order chi connectivity index (χ1) is 34.1. The Morgan fingerprint density at radius 3 is 2.38 bits per heavy atom. The monoisotopic (exact) mass is 968 g/mol. The molecule has 16 nitrogen and oxygen atoms in total. The van der Waals surface area contributed by atoms with Gasteiger partial charge < -0.3 is 45.8 Å². The molecule has 4 aromatic rings. The number of halogens is 1. The number of para-hydroxylation sites is 1. The van der Waals surface area contributed by atoms with Crippen molar-refractivity contribution in [3.63, 3.8) is 0 Å². The summed E-state index contributed by atoms with van der Waals surface area (Å²) in [6.07, 6.45) is 16.8. The van der Waals surface area contributed by atoms with Crippen molar-refractivity contribution in [2.24, 2.45) is 16.7 Å². The number of benzene rings is 2. The van der Waals surface area contributed by atoms with Crippen LogP contribution in [-0.2, 0) is 20.9 Å². The van der Waals surface area contributed by atoms with Gasteiger partial charge >= 0.3 is 0 Å². The number of aromatic hydroxyl groups is 1. The fourth-order valence-electron chi connectivity index (χ4n) is 12.1. The Kier molecular flexibility index (Phi) is 13.4. The van der Waals surface area contributed by atoms with E-state index in [1.165, 1.54) is 16.5 Å². The van der Waals surface area contributed by atoms with Gasteiger partial charge in [-0.25, -0.2) is 14.4 Å². The molecule has 6 aliphatic rings. The predicted molar refractivity (Wildman–Crippen MR) is 268 cm³/mol. The van der Waals surface area contributed by atoms with Crippen LogP contribution in [0, 0.1) is 34.9 Å². The quantitative estimate of drug-likeness (QED) is 0.130. The van der Waals surface area contributed by atoms with Crippen LogP contribution in [0.3, 0.4) is 0 Å². The van der Waals surface area contributed by atoms with Crippen LogP contribution in [0.5, 0.6) is 5.75 Å². The average molecular weight is 968 g/mol. The Hall–Kier alpha value is -6.38. The number of nitrogens with one attached hydrogen (secondary N) is 3. The van der Waals surface area contributed by atoms with Crippen molar-refractivity contribution in [3.05, 3.63) is 83.4 Å². The maximum absolute atomic E-state index is 14.2. The van der Waals surface area contributed by atoms with E-state index in [-0.39, 0.29) is 54.6 Å². The van der Waals surface area contributed by atoms with Crippen molar-refractivity contribution in [1.29, 1.82) is 0 Å². The van der Waals surface area contributed by atoms with Gasteiger partial charge in [-0.3, -0.25) is 14.4 Å². The fourth-order valence-corrected chi connectivity index (χ4v) is 12.1. The maximum Gasteiger partial charge on any atom is 0.246 e. The highest BCUT2D eigenvalue weighted by Gasteiger charge is 2.50. The number of β-amino-alcohol motifs (C(OH)–C–C–N with tert-alkyl or cyclic N) is 1. The lowest BCUT2D eigenvalue weighted by molar-refractivity contribution is -0.145. The molecule has 3 saturated heterocycles. The van der Waals surface area contributed by atoms with Crippen LogP contribution in [0.15, 0.2) is 60.9 Å². The maximum atomic E-state index is 14.2. The van der Waals surface area contributed by atoms with Gasteiger partial charge in [0.2, 0.25) is 23.7 Å². The number of carbonyl (C=O) groups excluding carboxylic acids is 3. The van der Waals surface area contributed by atoms with E-state index in [0.717, 1.165) is 107 Å². The summed E-state index contributed by atoms with van der Waals surface area (Å²) in [7, 11) is 0. The van der Waals surface area contributed by atoms with Gasteiger partial charge in [0.25, 0.3) is 0 Å². The van der Waals surface area contributed by atoms with Gasteiger partial charge in [0.05, 0.1) is 23.5 Å². The molecule has 1 spiro atoms. The van der Waals surface area contributed by atoms with E-state index in [1.54, 1.807) is 12.1 Å². The number of amides is 3. The molecule has 3 amide bonds. The molecule has 4 aliphatic heterocycles. The van der Waals surface area contributed by atoms with Crippen molar-refractivity contribution in [3.8, 4) is 29.4 Å². The minimum atomic E-state index is -0.848. The van der Waals surface area contributed by atoms with Crippen molar-refractivity contribution >= 4 is 35.2 Å². The number of terminal acetylenes is 1. The number of fused-ring (bicyclic) bond motifs is 3. The molecule has 2 aromatic heterocycles. The van der Waals surface area contributed by atoms with Crippen LogP contribution < -0.4 is 25.8 Å². The van der Waals surface area contributed by atoms with Gasteiger partial charge in [-0.1, -0.05) is 44.9 Å². The van der Waals surface area contributed by atoms with Crippen molar-refractivity contribution in [2.75, 3.05) is 60.9 Å². The zero-order valence-corrected chi connectivity index (χ0v) is 41.0. The third-order valence-electron chi connectivity index (χ3n) is 16.4. The molecule has 0 unspecified atom stereocenters. The number of piperazine rings is 1. The van der Waals surface area contributed by atoms with E-state index in [0.29, 0.717) is 35.6 Å². The second kappa shape index (κ2) is 19.7. The van der Waals surface area contributed by atoms with Crippen molar-refractivity contribution in [1.82, 2.24) is 40.6 Å². The van der Waals surface area contributed by atoms with Gasteiger partial charge in [0, 0.05) is 81.2 Å². The molecule has 0 radical (unpaired) electrons. The predicted octanol–water partition coefficient (Wildman–Crippen LogP) is 5.21. The Bertz CT molecular complexity index is 2650. The lowest BCUT2D eigenvalue weighted by atomic mass is 9.56. The molecule has 4 atom stereocenters. The number of anilines is 3. The molecule has 2 aliphatic carbocycles. The molecule has 17 heteroatoms. The normalized spacial score (nSPS) is 26.1. The molecule has 5 fully saturated rings. The van der Waals surface area contributed by atoms with Crippen LogP contribution in [0.4, 0.5) is 21.8 Å². The summed E-state index contributed by atoms with van der Waals surface area (Å²) in [5, 5.41) is 39.1. The number of nitrogens with zero attached hydrogens (tertiary/aromatic N) is 8. The molecular weight excluding hydrogens is 902 g/mol. The molecule has 374 valence electrons. The number of likely N-dealkylation sites (tertiary alicyclic amines) is 2. The number of carbonyl (C=O) groups is 3. The number of aliphatic hydroxyl groups excluding tert-OH is 1. The number of phenols is 1. The summed E-state index contributed by atoms with van der Waals surface area (Å²) in [5.74, 6) is 2.30. The third kappa shape index (κ3) is 9.97. The molecule has 71 heavy (non-hydrogen) atoms. The van der Waals surface area contributed by atoms with Crippen LogP contribution in [0.25, 0.3) is 11.3 Å². The number of piperidine rings is 1. The summed E-state index contributed by atoms with van der Waals surface area (Å²) in [5.41, 5.74) is 4.05. The van der Waals surface area contributed by atoms with Crippen molar-refractivity contribution in [2.45, 2.75) is 121 Å². The summed E-state index contributed by atoms with van der Waals surface area (Å²) in [6, 6.07) is 12.6. The Balaban J connectivity index is 0.668. The second-order valence-corrected chi connectivity index (χ2v) is 22.0. The topological polar surface area (TPSA) is 192 Å². The van der Waals surface area contributed by atoms with E-state index < -0.39 is 35.2 Å². The van der Waals surface area contributed by atoms with Gasteiger partial charge in [0.15, 0.2) is 17.4 Å². The Morgan fingerprint density at radius 1 is 0.944 bits per heavy atom. The lowest BCUT2D eigenvalue weighted by Gasteiger charge is -2.55. The first-order valence-electron chi connectivity index (χ1n) is 25.4. The third-order valence-corrected chi connectivity index (χ3v) is 16.4. The van der Waals surface area contributed by atoms with Crippen molar-refractivity contribution < 1.29 is 29.0 Å². The summed E-state index contributed by atoms with van der Waals surface area (Å²) < 4.78 is 14.1. The number of hydrogen-bond acceptors (Lipinski definition) is 13. The number of aliphatic hydroxyl groups is 1. The van der Waals surface area contributed by atoms with Crippen LogP contribution in [0.2, 0.25) is 0 Å². The van der Waals surface area contributed by atoms with Gasteiger partial charge in [0.1, 0.15) is 12.1 Å². The minimum Gasteiger partial charge on any atom is -0.504 e. The highest BCUT2D eigenvalue weighted by Crippen LogP contribution is 2.55. The molecule has 6 heterocycles. The summed E-state index contributed by atoms with van der Waals surface area (Å²) >= 11 is 0. The smallest absolute Gasteiger partial charge is 0.246 e. The lowest BCUT2D eigenvalue weighted by Crippen LogP contribution is -2.59. The van der Waals surface area contributed by atoms with E-state index in [9.17, 15) is 29.0 Å². The first kappa shape index (κ1) is 48.3. The van der Waals surface area contributed by atoms with Gasteiger partial charge in [-0.15, -0.1) is 16.6 Å². The number of rotatable bonds is 10. The fraction of sp³-hybridized carbons (Fsp3) is 0.537. The average Bonchev–Trinajstić information content (AvgIpc) is 3.78. The molecule has 2 saturated carbocycles. The van der Waals surface area contributed by atoms with E-state index in [1.807, 2.05) is 63.5 Å². The molecule has 2 aromatic carbocycles. The second-order valence-electron chi connectivity index (χ2n) is 22.0. The van der Waals surface area contributed by atoms with Crippen LogP contribution in [0.1, 0.15) is 101 Å². The Morgan fingerprint density at radius 2 is 1.68 bits per heavy atom. The van der Waals surface area contributed by atoms with E-state index in [2.05, 4.69) is 46.8 Å². The number of hydrogen-bond donors (Lipinski definition) is 5. The molecule has 0 bridgehead atoms. The molecule has 10 rings (SSSR count). The zero-order chi connectivity index (χ0) is 49.6. The largest absolute Gasteiger partial charge is 0.504 e. The highest BCUT2D eigenvalue weighted by atomic mass is 19.1. The molecular formula is C54H66FN11O5. The number of phenolic OH excluding ortho intramolecular Hbond substituents is 1. The van der Waals surface area contributed by atoms with Crippen LogP contribution in [-0.4, -0.2) is 134 Å². The number of aromatic nitrogens is 4. The summed E-state index contributed by atoms with van der Waals surface area (Å²) in [4.78, 5) is 60.0. The highest BCUT2D eigenvalue weighted by molar-refractivity contribution is 5.93. The van der Waals surface area contributed by atoms with Gasteiger partial charge in [-0.05, 0) is 123 Å².